The minimum absolute atomic E-state index is 0.00586. The fraction of sp³-hybridized carbons (Fsp3) is 0.929. The van der Waals surface area contributed by atoms with Gasteiger partial charge in [-0.05, 0) is 80.5 Å². The Hall–Kier alpha value is -0.590. The third kappa shape index (κ3) is 5.02. The monoisotopic (exact) mass is 560 g/mol. The Kier molecular flexibility index (Phi) is 8.03. The van der Waals surface area contributed by atoms with Crippen molar-refractivity contribution in [2.45, 2.75) is 109 Å². The molecule has 38 heavy (non-hydrogen) atoms. The van der Waals surface area contributed by atoms with E-state index in [9.17, 15) is 34.0 Å². The van der Waals surface area contributed by atoms with E-state index in [2.05, 4.69) is 25.0 Å². The van der Waals surface area contributed by atoms with Crippen molar-refractivity contribution < 1.29 is 42.7 Å². The van der Waals surface area contributed by atoms with Gasteiger partial charge < -0.3 is 25.5 Å². The largest absolute Gasteiger partial charge is 0.397 e. The van der Waals surface area contributed by atoms with Crippen molar-refractivity contribution in [2.24, 2.45) is 46.3 Å². The standard InChI is InChI=1S/C28H48O9S/c1-16(6-7-17(2)27(5,32)15-37-38(34,35)36)21-13-22(30)24-19-12-23(31)28(33)14-18(29)8-11-26(28,4)20(19)9-10-25(21,24)3/h6-7,16-24,29-33H,8-15H2,1-5H3,(H,34,35,36)/b7-6+/t16?,17?,18-,19?,20?,21?,22?,23+,24?,25+,26+,27?,28+/m0/s1. The maximum Gasteiger partial charge on any atom is 0.397 e. The summed E-state index contributed by atoms with van der Waals surface area (Å²) in [7, 11) is -4.65. The smallest absolute Gasteiger partial charge is 0.393 e. The molecule has 220 valence electrons. The van der Waals surface area contributed by atoms with E-state index in [1.807, 2.05) is 12.2 Å². The van der Waals surface area contributed by atoms with Crippen molar-refractivity contribution in [1.29, 1.82) is 0 Å². The Morgan fingerprint density at radius 2 is 1.74 bits per heavy atom. The van der Waals surface area contributed by atoms with E-state index >= 15 is 0 Å². The van der Waals surface area contributed by atoms with Gasteiger partial charge in [0.25, 0.3) is 0 Å². The molecule has 8 unspecified atom stereocenters. The quantitative estimate of drug-likeness (QED) is 0.203. The van der Waals surface area contributed by atoms with Gasteiger partial charge in [0.05, 0.1) is 36.1 Å². The second-order valence-corrected chi connectivity index (χ2v) is 14.9. The van der Waals surface area contributed by atoms with E-state index in [1.54, 1.807) is 6.92 Å². The SMILES string of the molecule is CC(/C=C/C(C)C(C)(O)COS(=O)(=O)O)C1CC(O)C2C3C[C@@H](O)[C@]4(O)C[C@@H](O)CC[C@]4(C)C3CC[C@]12C. The topological polar surface area (TPSA) is 165 Å². The molecule has 10 heteroatoms. The maximum absolute atomic E-state index is 11.7. The van der Waals surface area contributed by atoms with E-state index in [-0.39, 0.29) is 41.4 Å². The van der Waals surface area contributed by atoms with Crippen LogP contribution in [0.25, 0.3) is 0 Å². The van der Waals surface area contributed by atoms with Crippen LogP contribution in [0.3, 0.4) is 0 Å². The molecular formula is C28H48O9S. The minimum Gasteiger partial charge on any atom is -0.393 e. The maximum atomic E-state index is 11.7. The first-order chi connectivity index (χ1) is 17.4. The van der Waals surface area contributed by atoms with Gasteiger partial charge in [-0.25, -0.2) is 4.18 Å². The van der Waals surface area contributed by atoms with Crippen molar-refractivity contribution in [3.05, 3.63) is 12.2 Å². The van der Waals surface area contributed by atoms with Crippen LogP contribution < -0.4 is 0 Å². The Labute approximate surface area is 227 Å². The van der Waals surface area contributed by atoms with Gasteiger partial charge in [-0.1, -0.05) is 39.8 Å². The summed E-state index contributed by atoms with van der Waals surface area (Å²) >= 11 is 0. The van der Waals surface area contributed by atoms with Gasteiger partial charge in [0.1, 0.15) is 0 Å². The normalized spacial score (nSPS) is 48.6. The van der Waals surface area contributed by atoms with Crippen LogP contribution in [0.1, 0.15) is 79.6 Å². The molecular weight excluding hydrogens is 512 g/mol. The molecule has 4 saturated carbocycles. The van der Waals surface area contributed by atoms with Crippen molar-refractivity contribution in [2.75, 3.05) is 6.61 Å². The van der Waals surface area contributed by atoms with Crippen molar-refractivity contribution in [3.8, 4) is 0 Å². The summed E-state index contributed by atoms with van der Waals surface area (Å²) in [6.07, 6.45) is 6.10. The average molecular weight is 561 g/mol. The van der Waals surface area contributed by atoms with Gasteiger partial charge in [-0.2, -0.15) is 8.42 Å². The average Bonchev–Trinajstić information content (AvgIpc) is 3.08. The highest BCUT2D eigenvalue weighted by Gasteiger charge is 2.68. The van der Waals surface area contributed by atoms with Gasteiger partial charge in [0, 0.05) is 17.8 Å². The number of allylic oxidation sites excluding steroid dienone is 1. The molecule has 0 spiro atoms. The number of hydrogen-bond acceptors (Lipinski definition) is 8. The lowest BCUT2D eigenvalue weighted by Crippen LogP contribution is -2.69. The summed E-state index contributed by atoms with van der Waals surface area (Å²) in [5.41, 5.74) is -3.50. The molecule has 9 nitrogen and oxygen atoms in total. The fourth-order valence-electron chi connectivity index (χ4n) is 9.20. The highest BCUT2D eigenvalue weighted by atomic mass is 32.3. The Morgan fingerprint density at radius 1 is 1.08 bits per heavy atom. The first-order valence-corrected chi connectivity index (χ1v) is 15.5. The number of aliphatic hydroxyl groups excluding tert-OH is 3. The molecule has 0 saturated heterocycles. The van der Waals surface area contributed by atoms with Crippen LogP contribution in [-0.4, -0.2) is 74.6 Å². The molecule has 4 aliphatic carbocycles. The summed E-state index contributed by atoms with van der Waals surface area (Å²) in [5, 5.41) is 55.3. The zero-order valence-electron chi connectivity index (χ0n) is 23.3. The first-order valence-electron chi connectivity index (χ1n) is 14.1. The molecule has 0 aromatic rings. The summed E-state index contributed by atoms with van der Waals surface area (Å²) < 4.78 is 35.1. The van der Waals surface area contributed by atoms with Crippen LogP contribution in [0.4, 0.5) is 0 Å². The third-order valence-electron chi connectivity index (χ3n) is 11.7. The van der Waals surface area contributed by atoms with Crippen LogP contribution in [0.2, 0.25) is 0 Å². The predicted octanol–water partition coefficient (Wildman–Crippen LogP) is 2.46. The molecule has 4 aliphatic rings. The zero-order chi connectivity index (χ0) is 28.5. The first kappa shape index (κ1) is 30.4. The van der Waals surface area contributed by atoms with Crippen LogP contribution in [0, 0.1) is 46.3 Å². The number of aliphatic hydroxyl groups is 5. The lowest BCUT2D eigenvalue weighted by atomic mass is 9.42. The second-order valence-electron chi connectivity index (χ2n) is 13.8. The highest BCUT2D eigenvalue weighted by molar-refractivity contribution is 7.80. The summed E-state index contributed by atoms with van der Waals surface area (Å²) in [6, 6.07) is 0. The van der Waals surface area contributed by atoms with Gasteiger partial charge >= 0.3 is 10.4 Å². The molecule has 0 amide bonds. The van der Waals surface area contributed by atoms with E-state index in [4.69, 9.17) is 4.55 Å². The van der Waals surface area contributed by atoms with Crippen molar-refractivity contribution in [1.82, 2.24) is 0 Å². The predicted molar refractivity (Wildman–Crippen MR) is 141 cm³/mol. The minimum atomic E-state index is -4.65. The summed E-state index contributed by atoms with van der Waals surface area (Å²) in [4.78, 5) is 0. The van der Waals surface area contributed by atoms with Crippen molar-refractivity contribution >= 4 is 10.4 Å². The van der Waals surface area contributed by atoms with E-state index in [1.165, 1.54) is 6.92 Å². The lowest BCUT2D eigenvalue weighted by molar-refractivity contribution is -0.268. The summed E-state index contributed by atoms with van der Waals surface area (Å²) in [5.74, 6) is 0.0304. The second kappa shape index (κ2) is 10.0. The lowest BCUT2D eigenvalue weighted by Gasteiger charge is -2.65. The molecule has 13 atom stereocenters. The van der Waals surface area contributed by atoms with Gasteiger partial charge in [-0.15, -0.1) is 0 Å². The molecule has 0 radical (unpaired) electrons. The Bertz CT molecular complexity index is 1010. The van der Waals surface area contributed by atoms with Crippen LogP contribution in [-0.2, 0) is 14.6 Å². The number of hydrogen-bond donors (Lipinski definition) is 6. The molecule has 0 aromatic heterocycles. The molecule has 4 rings (SSSR count). The van der Waals surface area contributed by atoms with Gasteiger partial charge in [-0.3, -0.25) is 4.55 Å². The van der Waals surface area contributed by atoms with Crippen molar-refractivity contribution in [3.63, 3.8) is 0 Å². The molecule has 0 aromatic carbocycles. The number of rotatable bonds is 7. The van der Waals surface area contributed by atoms with Gasteiger partial charge in [0.2, 0.25) is 0 Å². The Balaban J connectivity index is 1.52. The van der Waals surface area contributed by atoms with E-state index in [0.717, 1.165) is 12.8 Å². The molecule has 6 N–H and O–H groups in total. The zero-order valence-corrected chi connectivity index (χ0v) is 24.1. The molecule has 4 fully saturated rings. The van der Waals surface area contributed by atoms with Crippen LogP contribution >= 0.6 is 0 Å². The number of fused-ring (bicyclic) bond motifs is 5. The molecule has 0 bridgehead atoms. The third-order valence-corrected chi connectivity index (χ3v) is 12.1. The molecule has 0 aliphatic heterocycles. The fourth-order valence-corrected chi connectivity index (χ4v) is 9.59. The van der Waals surface area contributed by atoms with E-state index < -0.39 is 57.9 Å². The highest BCUT2D eigenvalue weighted by Crippen LogP contribution is 2.69. The van der Waals surface area contributed by atoms with E-state index in [0.29, 0.717) is 25.7 Å². The summed E-state index contributed by atoms with van der Waals surface area (Å²) in [6.45, 7) is 9.06. The van der Waals surface area contributed by atoms with Crippen LogP contribution in [0.5, 0.6) is 0 Å². The molecule has 0 heterocycles. The van der Waals surface area contributed by atoms with Crippen LogP contribution in [0.15, 0.2) is 12.2 Å². The Morgan fingerprint density at radius 3 is 2.37 bits per heavy atom. The van der Waals surface area contributed by atoms with Gasteiger partial charge in [0.15, 0.2) is 0 Å².